The fraction of sp³-hybridized carbons (Fsp3) is 0.118. The standard InChI is InChI=1S/C17H13BrClIN2O2S/c1-8-4-11(19)2-3-13(8)21-17-22-16(24)14(25-17)6-9-5-10(18)7-12(20)15(9)23/h2-7,17,21,23H,1H3,(H,22,24)/b14-6-. The highest BCUT2D eigenvalue weighted by atomic mass is 127. The Labute approximate surface area is 176 Å². The Morgan fingerprint density at radius 1 is 1.40 bits per heavy atom. The largest absolute Gasteiger partial charge is 0.506 e. The second-order valence-electron chi connectivity index (χ2n) is 5.41. The Kier molecular flexibility index (Phi) is 5.87. The highest BCUT2D eigenvalue weighted by Gasteiger charge is 2.27. The Hall–Kier alpha value is -0.900. The van der Waals surface area contributed by atoms with Crippen molar-refractivity contribution in [3.63, 3.8) is 0 Å². The van der Waals surface area contributed by atoms with Gasteiger partial charge in [0.2, 0.25) is 0 Å². The molecule has 4 nitrogen and oxygen atoms in total. The third kappa shape index (κ3) is 4.45. The lowest BCUT2D eigenvalue weighted by Crippen LogP contribution is -2.31. The first-order valence-corrected chi connectivity index (χ1v) is 10.4. The van der Waals surface area contributed by atoms with Gasteiger partial charge in [0.25, 0.3) is 5.91 Å². The average Bonchev–Trinajstić information content (AvgIpc) is 2.87. The normalized spacial score (nSPS) is 18.5. The van der Waals surface area contributed by atoms with Crippen molar-refractivity contribution < 1.29 is 9.90 Å². The topological polar surface area (TPSA) is 61.4 Å². The number of phenolic OH excluding ortho intramolecular Hbond substituents is 1. The van der Waals surface area contributed by atoms with E-state index in [0.717, 1.165) is 15.7 Å². The molecule has 0 radical (unpaired) electrons. The number of rotatable bonds is 3. The number of carbonyl (C=O) groups is 1. The summed E-state index contributed by atoms with van der Waals surface area (Å²) in [5.74, 6) is -0.0156. The number of aryl methyl sites for hydroxylation is 1. The molecule has 0 aromatic heterocycles. The van der Waals surface area contributed by atoms with Crippen molar-refractivity contribution in [2.24, 2.45) is 0 Å². The molecule has 8 heteroatoms. The summed E-state index contributed by atoms with van der Waals surface area (Å²) < 4.78 is 1.56. The van der Waals surface area contributed by atoms with Gasteiger partial charge in [0.15, 0.2) is 5.50 Å². The van der Waals surface area contributed by atoms with Gasteiger partial charge in [0.1, 0.15) is 5.75 Å². The molecule has 25 heavy (non-hydrogen) atoms. The highest BCUT2D eigenvalue weighted by molar-refractivity contribution is 14.1. The molecule has 0 aliphatic carbocycles. The molecule has 1 heterocycles. The van der Waals surface area contributed by atoms with E-state index < -0.39 is 0 Å². The van der Waals surface area contributed by atoms with Crippen LogP contribution >= 0.6 is 61.9 Å². The molecule has 0 bridgehead atoms. The van der Waals surface area contributed by atoms with Crippen LogP contribution in [0, 0.1) is 10.5 Å². The zero-order valence-corrected chi connectivity index (χ0v) is 18.3. The lowest BCUT2D eigenvalue weighted by atomic mass is 10.2. The van der Waals surface area contributed by atoms with Gasteiger partial charge in [0, 0.05) is 20.7 Å². The van der Waals surface area contributed by atoms with Crippen molar-refractivity contribution in [3.05, 3.63) is 59.4 Å². The summed E-state index contributed by atoms with van der Waals surface area (Å²) in [4.78, 5) is 12.8. The van der Waals surface area contributed by atoms with Crippen LogP contribution in [0.5, 0.6) is 5.75 Å². The summed E-state index contributed by atoms with van der Waals surface area (Å²) in [6.45, 7) is 1.95. The molecule has 1 fully saturated rings. The highest BCUT2D eigenvalue weighted by Crippen LogP contribution is 2.35. The maximum Gasteiger partial charge on any atom is 0.260 e. The molecule has 2 aromatic rings. The van der Waals surface area contributed by atoms with E-state index in [4.69, 9.17) is 11.6 Å². The predicted molar refractivity (Wildman–Crippen MR) is 116 cm³/mol. The van der Waals surface area contributed by atoms with Crippen LogP contribution in [0.3, 0.4) is 0 Å². The molecule has 1 unspecified atom stereocenters. The molecule has 0 saturated carbocycles. The second kappa shape index (κ2) is 7.77. The maximum absolute atomic E-state index is 12.2. The molecular weight excluding hydrogens is 539 g/mol. The number of amides is 1. The molecule has 1 amide bonds. The number of carbonyl (C=O) groups excluding carboxylic acids is 1. The SMILES string of the molecule is Cc1cc(Cl)ccc1NC1NC(=O)/C(=C/c2cc(Br)cc(I)c2O)S1. The number of halogens is 3. The zero-order chi connectivity index (χ0) is 18.1. The minimum atomic E-state index is -0.285. The number of hydrogen-bond acceptors (Lipinski definition) is 4. The van der Waals surface area contributed by atoms with Crippen molar-refractivity contribution in [1.29, 1.82) is 0 Å². The van der Waals surface area contributed by atoms with Crippen LogP contribution in [0.25, 0.3) is 6.08 Å². The van der Waals surface area contributed by atoms with Crippen LogP contribution < -0.4 is 10.6 Å². The lowest BCUT2D eigenvalue weighted by molar-refractivity contribution is -0.116. The third-order valence-corrected chi connectivity index (χ3v) is 6.09. The summed E-state index contributed by atoms with van der Waals surface area (Å²) in [5.41, 5.74) is 2.22. The molecule has 1 aliphatic heterocycles. The Morgan fingerprint density at radius 2 is 2.16 bits per heavy atom. The van der Waals surface area contributed by atoms with Crippen LogP contribution in [0.15, 0.2) is 39.7 Å². The smallest absolute Gasteiger partial charge is 0.260 e. The zero-order valence-electron chi connectivity index (χ0n) is 12.9. The minimum Gasteiger partial charge on any atom is -0.506 e. The predicted octanol–water partition coefficient (Wildman–Crippen LogP) is 5.32. The summed E-state index contributed by atoms with van der Waals surface area (Å²) in [6.07, 6.45) is 1.69. The van der Waals surface area contributed by atoms with Gasteiger partial charge in [-0.3, -0.25) is 4.79 Å². The van der Waals surface area contributed by atoms with E-state index in [0.29, 0.717) is 19.1 Å². The maximum atomic E-state index is 12.2. The third-order valence-electron chi connectivity index (χ3n) is 3.55. The number of nitrogens with one attached hydrogen (secondary N) is 2. The van der Waals surface area contributed by atoms with Crippen LogP contribution in [-0.2, 0) is 4.79 Å². The number of anilines is 1. The van der Waals surface area contributed by atoms with Gasteiger partial charge in [-0.1, -0.05) is 39.3 Å². The van der Waals surface area contributed by atoms with Gasteiger partial charge in [-0.15, -0.1) is 0 Å². The molecule has 3 N–H and O–H groups in total. The first-order valence-electron chi connectivity index (χ1n) is 7.23. The van der Waals surface area contributed by atoms with E-state index >= 15 is 0 Å². The molecule has 1 saturated heterocycles. The fourth-order valence-electron chi connectivity index (χ4n) is 2.33. The minimum absolute atomic E-state index is 0.162. The van der Waals surface area contributed by atoms with Crippen molar-refractivity contribution in [2.75, 3.05) is 5.32 Å². The summed E-state index contributed by atoms with van der Waals surface area (Å²) >= 11 is 12.8. The van der Waals surface area contributed by atoms with Gasteiger partial charge < -0.3 is 15.7 Å². The van der Waals surface area contributed by atoms with Gasteiger partial charge in [-0.25, -0.2) is 0 Å². The van der Waals surface area contributed by atoms with E-state index in [1.807, 2.05) is 25.1 Å². The first kappa shape index (κ1) is 18.9. The second-order valence-corrected chi connectivity index (χ2v) is 9.07. The lowest BCUT2D eigenvalue weighted by Gasteiger charge is -2.15. The molecular formula is C17H13BrClIN2O2S. The summed E-state index contributed by atoms with van der Waals surface area (Å²) in [5, 5.41) is 17.0. The van der Waals surface area contributed by atoms with E-state index in [-0.39, 0.29) is 17.2 Å². The van der Waals surface area contributed by atoms with Crippen molar-refractivity contribution >= 4 is 79.6 Å². The van der Waals surface area contributed by atoms with E-state index in [9.17, 15) is 9.90 Å². The number of phenols is 1. The van der Waals surface area contributed by atoms with Gasteiger partial charge in [0.05, 0.1) is 8.48 Å². The van der Waals surface area contributed by atoms with Crippen molar-refractivity contribution in [3.8, 4) is 5.75 Å². The van der Waals surface area contributed by atoms with Crippen molar-refractivity contribution in [2.45, 2.75) is 12.4 Å². The number of hydrogen-bond donors (Lipinski definition) is 3. The van der Waals surface area contributed by atoms with Gasteiger partial charge >= 0.3 is 0 Å². The summed E-state index contributed by atoms with van der Waals surface area (Å²) in [7, 11) is 0. The average molecular weight is 552 g/mol. The van der Waals surface area contributed by atoms with Crippen LogP contribution in [0.1, 0.15) is 11.1 Å². The first-order chi connectivity index (χ1) is 11.8. The Bertz CT molecular complexity index is 891. The van der Waals surface area contributed by atoms with Crippen molar-refractivity contribution in [1.82, 2.24) is 5.32 Å². The quantitative estimate of drug-likeness (QED) is 0.357. The molecule has 1 aliphatic rings. The van der Waals surface area contributed by atoms with Gasteiger partial charge in [-0.05, 0) is 71.5 Å². The summed E-state index contributed by atoms with van der Waals surface area (Å²) in [6, 6.07) is 9.14. The number of benzene rings is 2. The molecule has 1 atom stereocenters. The van der Waals surface area contributed by atoms with Crippen LogP contribution in [0.2, 0.25) is 5.02 Å². The molecule has 2 aromatic carbocycles. The van der Waals surface area contributed by atoms with E-state index in [1.165, 1.54) is 11.8 Å². The number of aromatic hydroxyl groups is 1. The van der Waals surface area contributed by atoms with Gasteiger partial charge in [-0.2, -0.15) is 0 Å². The number of thioether (sulfide) groups is 1. The van der Waals surface area contributed by atoms with Crippen LogP contribution in [0.4, 0.5) is 5.69 Å². The molecule has 0 spiro atoms. The Balaban J connectivity index is 1.81. The Morgan fingerprint density at radius 3 is 2.88 bits per heavy atom. The molecule has 3 rings (SSSR count). The van der Waals surface area contributed by atoms with E-state index in [1.54, 1.807) is 18.2 Å². The van der Waals surface area contributed by atoms with Crippen LogP contribution in [-0.4, -0.2) is 16.5 Å². The fourth-order valence-corrected chi connectivity index (χ4v) is 5.08. The molecule has 130 valence electrons. The monoisotopic (exact) mass is 550 g/mol. The van der Waals surface area contributed by atoms with E-state index in [2.05, 4.69) is 49.2 Å².